The molecule has 0 radical (unpaired) electrons. The summed E-state index contributed by atoms with van der Waals surface area (Å²) in [5, 5.41) is 7.09. The van der Waals surface area contributed by atoms with E-state index in [0.29, 0.717) is 17.8 Å². The number of fused-ring (bicyclic) bond motifs is 1. The van der Waals surface area contributed by atoms with Gasteiger partial charge in [0.1, 0.15) is 18.3 Å². The number of nitrogens with zero attached hydrogens (tertiary/aromatic N) is 5. The fraction of sp³-hybridized carbons (Fsp3) is 0.312. The monoisotopic (exact) mass is 310 g/mol. The predicted molar refractivity (Wildman–Crippen MR) is 85.7 cm³/mol. The molecule has 3 aromatic rings. The average Bonchev–Trinajstić information content (AvgIpc) is 3.06. The third-order valence-corrected chi connectivity index (χ3v) is 3.65. The SMILES string of the molecule is CC(C)[C@@H](Cn1cncn1)NC(=O)c1cnc2ccccc2n1. The Balaban J connectivity index is 1.77. The first-order valence-corrected chi connectivity index (χ1v) is 7.48. The Hall–Kier alpha value is -2.83. The first-order valence-electron chi connectivity index (χ1n) is 7.48. The maximum absolute atomic E-state index is 12.5. The summed E-state index contributed by atoms with van der Waals surface area (Å²) in [7, 11) is 0. The molecule has 1 amide bonds. The van der Waals surface area contributed by atoms with Crippen LogP contribution in [-0.4, -0.2) is 36.7 Å². The molecule has 0 aliphatic rings. The molecule has 118 valence electrons. The van der Waals surface area contributed by atoms with Crippen molar-refractivity contribution < 1.29 is 4.79 Å². The molecule has 0 unspecified atom stereocenters. The lowest BCUT2D eigenvalue weighted by atomic mass is 10.0. The van der Waals surface area contributed by atoms with Gasteiger partial charge in [-0.2, -0.15) is 5.10 Å². The number of para-hydroxylation sites is 2. The highest BCUT2D eigenvalue weighted by molar-refractivity contribution is 5.93. The Morgan fingerprint density at radius 3 is 2.74 bits per heavy atom. The van der Waals surface area contributed by atoms with Crippen molar-refractivity contribution >= 4 is 16.9 Å². The summed E-state index contributed by atoms with van der Waals surface area (Å²) < 4.78 is 1.71. The lowest BCUT2D eigenvalue weighted by Gasteiger charge is -2.22. The molecule has 0 spiro atoms. The van der Waals surface area contributed by atoms with Crippen molar-refractivity contribution in [3.8, 4) is 0 Å². The number of rotatable bonds is 5. The molecule has 7 heteroatoms. The Kier molecular flexibility index (Phi) is 4.27. The molecular weight excluding hydrogens is 292 g/mol. The van der Waals surface area contributed by atoms with Gasteiger partial charge >= 0.3 is 0 Å². The molecule has 0 aliphatic heterocycles. The summed E-state index contributed by atoms with van der Waals surface area (Å²) in [5.41, 5.74) is 1.79. The zero-order valence-electron chi connectivity index (χ0n) is 13.0. The molecule has 1 N–H and O–H groups in total. The molecule has 2 aromatic heterocycles. The van der Waals surface area contributed by atoms with Gasteiger partial charge in [-0.05, 0) is 18.1 Å². The first kappa shape index (κ1) is 15.1. The second-order valence-corrected chi connectivity index (χ2v) is 5.69. The van der Waals surface area contributed by atoms with E-state index in [1.54, 1.807) is 11.0 Å². The summed E-state index contributed by atoms with van der Waals surface area (Å²) in [6, 6.07) is 7.40. The molecule has 3 rings (SSSR count). The molecule has 2 heterocycles. The van der Waals surface area contributed by atoms with Crippen LogP contribution in [0.4, 0.5) is 0 Å². The number of hydrogen-bond donors (Lipinski definition) is 1. The van der Waals surface area contributed by atoms with Crippen molar-refractivity contribution in [1.29, 1.82) is 0 Å². The van der Waals surface area contributed by atoms with Crippen LogP contribution >= 0.6 is 0 Å². The normalized spacial score (nSPS) is 12.5. The number of carbonyl (C=O) groups is 1. The minimum atomic E-state index is -0.234. The minimum absolute atomic E-state index is 0.0718. The fourth-order valence-electron chi connectivity index (χ4n) is 2.26. The summed E-state index contributed by atoms with van der Waals surface area (Å²) in [5.74, 6) is 0.0126. The molecule has 0 bridgehead atoms. The minimum Gasteiger partial charge on any atom is -0.346 e. The molecule has 0 fully saturated rings. The standard InChI is InChI=1S/C16H18N6O/c1-11(2)15(8-22-10-17-9-19-22)21-16(23)14-7-18-12-5-3-4-6-13(12)20-14/h3-7,9-11,15H,8H2,1-2H3,(H,21,23)/t15-/m1/s1. The van der Waals surface area contributed by atoms with Crippen LogP contribution in [0.1, 0.15) is 24.3 Å². The van der Waals surface area contributed by atoms with E-state index in [0.717, 1.165) is 5.52 Å². The maximum atomic E-state index is 12.5. The van der Waals surface area contributed by atoms with Crippen LogP contribution in [0.2, 0.25) is 0 Å². The van der Waals surface area contributed by atoms with E-state index in [1.165, 1.54) is 12.5 Å². The van der Waals surface area contributed by atoms with Crippen LogP contribution in [0.15, 0.2) is 43.1 Å². The van der Waals surface area contributed by atoms with E-state index in [4.69, 9.17) is 0 Å². The van der Waals surface area contributed by atoms with E-state index in [-0.39, 0.29) is 17.9 Å². The van der Waals surface area contributed by atoms with Gasteiger partial charge in [0.25, 0.3) is 5.91 Å². The molecule has 23 heavy (non-hydrogen) atoms. The van der Waals surface area contributed by atoms with Crippen LogP contribution in [0.3, 0.4) is 0 Å². The highest BCUT2D eigenvalue weighted by atomic mass is 16.2. The van der Waals surface area contributed by atoms with E-state index in [2.05, 4.69) is 25.4 Å². The van der Waals surface area contributed by atoms with Gasteiger partial charge in [0, 0.05) is 0 Å². The third kappa shape index (κ3) is 3.50. The predicted octanol–water partition coefficient (Wildman–Crippen LogP) is 1.68. The van der Waals surface area contributed by atoms with Gasteiger partial charge in [-0.1, -0.05) is 26.0 Å². The van der Waals surface area contributed by atoms with E-state index in [1.807, 2.05) is 38.1 Å². The third-order valence-electron chi connectivity index (χ3n) is 3.65. The zero-order valence-corrected chi connectivity index (χ0v) is 13.0. The number of benzene rings is 1. The van der Waals surface area contributed by atoms with Crippen molar-refractivity contribution in [1.82, 2.24) is 30.0 Å². The van der Waals surface area contributed by atoms with Gasteiger partial charge in [0.15, 0.2) is 0 Å². The van der Waals surface area contributed by atoms with Gasteiger partial charge in [0.05, 0.1) is 29.8 Å². The van der Waals surface area contributed by atoms with Crippen LogP contribution in [0.5, 0.6) is 0 Å². The molecule has 0 saturated heterocycles. The second-order valence-electron chi connectivity index (χ2n) is 5.69. The Morgan fingerprint density at radius 2 is 2.04 bits per heavy atom. The average molecular weight is 310 g/mol. The lowest BCUT2D eigenvalue weighted by molar-refractivity contribution is 0.0914. The van der Waals surface area contributed by atoms with Gasteiger partial charge in [-0.25, -0.2) is 9.97 Å². The van der Waals surface area contributed by atoms with E-state index < -0.39 is 0 Å². The Morgan fingerprint density at radius 1 is 1.26 bits per heavy atom. The highest BCUT2D eigenvalue weighted by Gasteiger charge is 2.19. The maximum Gasteiger partial charge on any atom is 0.271 e. The smallest absolute Gasteiger partial charge is 0.271 e. The number of nitrogens with one attached hydrogen (secondary N) is 1. The van der Waals surface area contributed by atoms with Crippen LogP contribution < -0.4 is 5.32 Å². The zero-order chi connectivity index (χ0) is 16.2. The van der Waals surface area contributed by atoms with Crippen molar-refractivity contribution in [2.24, 2.45) is 5.92 Å². The second kappa shape index (κ2) is 6.51. The van der Waals surface area contributed by atoms with Crippen molar-refractivity contribution in [3.05, 3.63) is 48.8 Å². The first-order chi connectivity index (χ1) is 11.1. The molecule has 1 aromatic carbocycles. The topological polar surface area (TPSA) is 85.6 Å². The molecule has 1 atom stereocenters. The summed E-state index contributed by atoms with van der Waals surface area (Å²) >= 11 is 0. The fourth-order valence-corrected chi connectivity index (χ4v) is 2.26. The number of amides is 1. The number of hydrogen-bond acceptors (Lipinski definition) is 5. The van der Waals surface area contributed by atoms with Gasteiger partial charge in [0.2, 0.25) is 0 Å². The van der Waals surface area contributed by atoms with Gasteiger partial charge < -0.3 is 5.32 Å². The Bertz CT molecular complexity index is 799. The van der Waals surface area contributed by atoms with Crippen molar-refractivity contribution in [2.45, 2.75) is 26.4 Å². The van der Waals surface area contributed by atoms with Crippen LogP contribution in [0.25, 0.3) is 11.0 Å². The summed E-state index contributed by atoms with van der Waals surface area (Å²) in [6.45, 7) is 4.66. The van der Waals surface area contributed by atoms with Crippen LogP contribution in [0, 0.1) is 5.92 Å². The number of aromatic nitrogens is 5. The van der Waals surface area contributed by atoms with Crippen molar-refractivity contribution in [2.75, 3.05) is 0 Å². The molecular formula is C16H18N6O. The van der Waals surface area contributed by atoms with E-state index >= 15 is 0 Å². The van der Waals surface area contributed by atoms with Crippen LogP contribution in [-0.2, 0) is 6.54 Å². The van der Waals surface area contributed by atoms with Gasteiger partial charge in [-0.15, -0.1) is 0 Å². The summed E-state index contributed by atoms with van der Waals surface area (Å²) in [6.07, 6.45) is 4.62. The molecule has 0 saturated carbocycles. The van der Waals surface area contributed by atoms with Gasteiger partial charge in [-0.3, -0.25) is 14.5 Å². The quantitative estimate of drug-likeness (QED) is 0.775. The molecule has 0 aliphatic carbocycles. The summed E-state index contributed by atoms with van der Waals surface area (Å²) in [4.78, 5) is 25.1. The number of carbonyl (C=O) groups excluding carboxylic acids is 1. The Labute approximate surface area is 133 Å². The van der Waals surface area contributed by atoms with E-state index in [9.17, 15) is 4.79 Å². The molecule has 7 nitrogen and oxygen atoms in total. The highest BCUT2D eigenvalue weighted by Crippen LogP contribution is 2.10. The van der Waals surface area contributed by atoms with Crippen molar-refractivity contribution in [3.63, 3.8) is 0 Å². The lowest BCUT2D eigenvalue weighted by Crippen LogP contribution is -2.42. The largest absolute Gasteiger partial charge is 0.346 e.